The van der Waals surface area contributed by atoms with Crippen LogP contribution in [-0.4, -0.2) is 18.5 Å². The van der Waals surface area contributed by atoms with Crippen molar-refractivity contribution in [3.05, 3.63) is 52.1 Å². The van der Waals surface area contributed by atoms with E-state index in [4.69, 9.17) is 0 Å². The Morgan fingerprint density at radius 3 is 2.35 bits per heavy atom. The molecule has 0 bridgehead atoms. The zero-order valence-electron chi connectivity index (χ0n) is 14.4. The summed E-state index contributed by atoms with van der Waals surface area (Å²) in [5.74, 6) is 0. The number of alkyl halides is 5. The van der Waals surface area contributed by atoms with Crippen LogP contribution >= 0.6 is 0 Å². The van der Waals surface area contributed by atoms with Gasteiger partial charge in [-0.1, -0.05) is 34.3 Å². The predicted molar refractivity (Wildman–Crippen MR) is 91.3 cm³/mol. The van der Waals surface area contributed by atoms with Crippen molar-refractivity contribution in [2.75, 3.05) is 0 Å². The van der Waals surface area contributed by atoms with Gasteiger partial charge in [-0.25, -0.2) is 13.8 Å². The molecule has 0 fully saturated rings. The molecule has 0 spiro atoms. The van der Waals surface area contributed by atoms with Gasteiger partial charge in [0.2, 0.25) is 0 Å². The molecule has 26 heavy (non-hydrogen) atoms. The van der Waals surface area contributed by atoms with Gasteiger partial charge in [-0.15, -0.1) is 0 Å². The van der Waals surface area contributed by atoms with E-state index < -0.39 is 18.2 Å². The van der Waals surface area contributed by atoms with Crippen LogP contribution in [0, 0.1) is 0 Å². The quantitative estimate of drug-likeness (QED) is 0.310. The van der Waals surface area contributed by atoms with E-state index >= 15 is 0 Å². The second kappa shape index (κ2) is 9.35. The minimum Gasteiger partial charge on any atom is -0.233 e. The van der Waals surface area contributed by atoms with Crippen molar-refractivity contribution >= 4 is 18.1 Å². The second-order valence-electron chi connectivity index (χ2n) is 5.52. The van der Waals surface area contributed by atoms with Gasteiger partial charge in [-0.2, -0.15) is 13.2 Å². The van der Waals surface area contributed by atoms with Gasteiger partial charge in [-0.3, -0.25) is 0 Å². The largest absolute Gasteiger partial charge is 0.416 e. The van der Waals surface area contributed by atoms with Crippen LogP contribution in [0.25, 0.3) is 6.08 Å². The Kier molecular flexibility index (Phi) is 7.79. The molecule has 1 aromatic carbocycles. The van der Waals surface area contributed by atoms with Crippen LogP contribution in [0.3, 0.4) is 0 Å². The summed E-state index contributed by atoms with van der Waals surface area (Å²) in [5.41, 5.74) is -0.100. The minimum absolute atomic E-state index is 0.0399. The molecule has 0 unspecified atom stereocenters. The summed E-state index contributed by atoms with van der Waals surface area (Å²) in [6.07, 6.45) is -4.21. The van der Waals surface area contributed by atoms with Gasteiger partial charge in [0.1, 0.15) is 6.34 Å². The van der Waals surface area contributed by atoms with Gasteiger partial charge in [0.15, 0.2) is 0 Å². The highest BCUT2D eigenvalue weighted by Gasteiger charge is 2.31. The summed E-state index contributed by atoms with van der Waals surface area (Å²) in [4.78, 5) is 3.63. The van der Waals surface area contributed by atoms with Gasteiger partial charge >= 0.3 is 6.18 Å². The Morgan fingerprint density at radius 2 is 1.85 bits per heavy atom. The number of hydrogen-bond acceptors (Lipinski definition) is 1. The molecular weight excluding hydrogens is 358 g/mol. The molecule has 0 N–H and O–H groups in total. The summed E-state index contributed by atoms with van der Waals surface area (Å²) in [5, 5.41) is 2.18. The molecule has 0 radical (unpaired) electrons. The summed E-state index contributed by atoms with van der Waals surface area (Å²) in [6, 6.07) is 2.93. The van der Waals surface area contributed by atoms with Gasteiger partial charge in [0, 0.05) is 5.56 Å². The summed E-state index contributed by atoms with van der Waals surface area (Å²) < 4.78 is 76.7. The fraction of sp³-hybridized carbons (Fsp3) is 0.333. The fourth-order valence-electron chi connectivity index (χ4n) is 2.16. The molecule has 0 saturated heterocycles. The highest BCUT2D eigenvalue weighted by molar-refractivity contribution is 6.16. The molecular formula is C18H18F6N2. The van der Waals surface area contributed by atoms with E-state index in [1.807, 2.05) is 6.92 Å². The lowest BCUT2D eigenvalue weighted by Gasteiger charge is -2.15. The average molecular weight is 376 g/mol. The smallest absolute Gasteiger partial charge is 0.233 e. The van der Waals surface area contributed by atoms with Gasteiger partial charge in [0.05, 0.1) is 11.3 Å². The lowest BCUT2D eigenvalue weighted by molar-refractivity contribution is -0.137. The molecule has 0 amide bonds. The maximum Gasteiger partial charge on any atom is 0.416 e. The Bertz CT molecular complexity index is 743. The first-order valence-electron chi connectivity index (χ1n) is 7.66. The molecule has 0 heterocycles. The minimum atomic E-state index is -4.63. The lowest BCUT2D eigenvalue weighted by Crippen LogP contribution is -2.11. The van der Waals surface area contributed by atoms with Crippen molar-refractivity contribution in [2.45, 2.75) is 39.8 Å². The topological polar surface area (TPSA) is 24.7 Å². The normalized spacial score (nSPS) is 14.6. The number of nitrogens with zero attached hydrogens (tertiary/aromatic N) is 2. The molecule has 8 heteroatoms. The molecule has 0 atom stereocenters. The molecule has 0 aliphatic carbocycles. The number of aliphatic imine (C=N–C) groups is 1. The number of halogens is 6. The maximum absolute atomic E-state index is 13.1. The first-order valence-corrected chi connectivity index (χ1v) is 7.66. The zero-order valence-corrected chi connectivity index (χ0v) is 14.4. The third kappa shape index (κ3) is 6.16. The van der Waals surface area contributed by atoms with E-state index in [2.05, 4.69) is 10.2 Å². The fourth-order valence-corrected chi connectivity index (χ4v) is 2.16. The van der Waals surface area contributed by atoms with Crippen LogP contribution < -0.4 is 0 Å². The highest BCUT2D eigenvalue weighted by atomic mass is 19.4. The average Bonchev–Trinajstić information content (AvgIpc) is 2.54. The Morgan fingerprint density at radius 1 is 1.19 bits per heavy atom. The summed E-state index contributed by atoms with van der Waals surface area (Å²) in [7, 11) is 0. The summed E-state index contributed by atoms with van der Waals surface area (Å²) in [6.45, 7) is 4.91. The predicted octanol–water partition coefficient (Wildman–Crippen LogP) is 6.43. The second-order valence-corrected chi connectivity index (χ2v) is 5.52. The maximum atomic E-state index is 13.1. The molecule has 0 aliphatic heterocycles. The van der Waals surface area contributed by atoms with Crippen LogP contribution in [0.2, 0.25) is 0 Å². The molecule has 0 saturated carbocycles. The number of benzene rings is 1. The van der Waals surface area contributed by atoms with Crippen molar-refractivity contribution in [3.63, 3.8) is 0 Å². The Labute approximate surface area is 147 Å². The first-order chi connectivity index (χ1) is 12.1. The van der Waals surface area contributed by atoms with Crippen molar-refractivity contribution in [1.29, 1.82) is 0 Å². The van der Waals surface area contributed by atoms with E-state index in [9.17, 15) is 26.4 Å². The van der Waals surface area contributed by atoms with E-state index in [1.54, 1.807) is 13.0 Å². The first kappa shape index (κ1) is 21.7. The van der Waals surface area contributed by atoms with Gasteiger partial charge in [-0.05, 0) is 49.6 Å². The van der Waals surface area contributed by atoms with Crippen molar-refractivity contribution < 1.29 is 26.4 Å². The van der Waals surface area contributed by atoms with Gasteiger partial charge in [0.25, 0.3) is 6.43 Å². The third-order valence-electron chi connectivity index (χ3n) is 3.58. The SMILES string of the molecule is CC/C(C)=C\c1ccc(C(F)(F)F)cc1C(=N/C=N\F)/C(C)=C/C(F)F. The highest BCUT2D eigenvalue weighted by Crippen LogP contribution is 2.32. The Hall–Kier alpha value is -2.38. The molecule has 142 valence electrons. The van der Waals surface area contributed by atoms with E-state index in [-0.39, 0.29) is 16.8 Å². The monoisotopic (exact) mass is 376 g/mol. The standard InChI is InChI=1S/C18H18F6N2/c1-4-11(2)7-13-5-6-14(18(21,22)23)9-15(13)17(25-10-26-24)12(3)8-16(19)20/h5-10,16H,4H2,1-3H3/b11-7-,12-8+,25-17+,26-10-. The lowest BCUT2D eigenvalue weighted by atomic mass is 9.94. The van der Waals surface area contributed by atoms with Crippen molar-refractivity contribution in [1.82, 2.24) is 0 Å². The van der Waals surface area contributed by atoms with Crippen LogP contribution in [0.5, 0.6) is 0 Å². The van der Waals surface area contributed by atoms with Crippen LogP contribution in [0.15, 0.2) is 45.6 Å². The molecule has 2 nitrogen and oxygen atoms in total. The van der Waals surface area contributed by atoms with E-state index in [0.717, 1.165) is 17.7 Å². The number of allylic oxidation sites excluding steroid dienone is 3. The van der Waals surface area contributed by atoms with Crippen LogP contribution in [-0.2, 0) is 6.18 Å². The molecule has 0 aromatic heterocycles. The van der Waals surface area contributed by atoms with Crippen LogP contribution in [0.4, 0.5) is 26.4 Å². The van der Waals surface area contributed by atoms with E-state index in [0.29, 0.717) is 24.4 Å². The summed E-state index contributed by atoms with van der Waals surface area (Å²) >= 11 is 0. The van der Waals surface area contributed by atoms with Gasteiger partial charge < -0.3 is 0 Å². The van der Waals surface area contributed by atoms with E-state index in [1.165, 1.54) is 13.0 Å². The number of hydrogen-bond donors (Lipinski definition) is 0. The third-order valence-corrected chi connectivity index (χ3v) is 3.58. The molecule has 1 aromatic rings. The molecule has 1 rings (SSSR count). The zero-order chi connectivity index (χ0) is 19.9. The molecule has 0 aliphatic rings. The van der Waals surface area contributed by atoms with Crippen molar-refractivity contribution in [3.8, 4) is 0 Å². The Balaban J connectivity index is 3.74. The van der Waals surface area contributed by atoms with Crippen molar-refractivity contribution in [2.24, 2.45) is 10.2 Å². The number of rotatable bonds is 6. The van der Waals surface area contributed by atoms with Crippen LogP contribution in [0.1, 0.15) is 43.9 Å².